The minimum Gasteiger partial charge on any atom is -0.485 e. The maximum Gasteiger partial charge on any atom is 0.351 e. The first kappa shape index (κ1) is 19.5. The van der Waals surface area contributed by atoms with Gasteiger partial charge in [-0.05, 0) is 32.4 Å². The molecule has 27 heavy (non-hydrogen) atoms. The van der Waals surface area contributed by atoms with Crippen molar-refractivity contribution in [1.29, 1.82) is 0 Å². The van der Waals surface area contributed by atoms with Crippen molar-refractivity contribution in [3.8, 4) is 11.5 Å². The number of nitrogens with zero attached hydrogens (tertiary/aromatic N) is 1. The van der Waals surface area contributed by atoms with E-state index in [9.17, 15) is 18.0 Å². The van der Waals surface area contributed by atoms with Crippen molar-refractivity contribution in [2.24, 2.45) is 0 Å². The molecule has 0 radical (unpaired) electrons. The summed E-state index contributed by atoms with van der Waals surface area (Å²) in [6, 6.07) is 6.59. The van der Waals surface area contributed by atoms with Gasteiger partial charge >= 0.3 is 5.97 Å². The van der Waals surface area contributed by atoms with Crippen molar-refractivity contribution < 1.29 is 32.2 Å². The van der Waals surface area contributed by atoms with Crippen LogP contribution in [-0.2, 0) is 24.2 Å². The maximum absolute atomic E-state index is 12.7. The van der Waals surface area contributed by atoms with Crippen LogP contribution in [0.15, 0.2) is 24.3 Å². The zero-order valence-corrected chi connectivity index (χ0v) is 16.1. The lowest BCUT2D eigenvalue weighted by Crippen LogP contribution is -2.48. The molecule has 1 aromatic rings. The minimum atomic E-state index is -3.12. The third-order valence-electron chi connectivity index (χ3n) is 4.69. The van der Waals surface area contributed by atoms with Crippen LogP contribution < -0.4 is 9.47 Å². The van der Waals surface area contributed by atoms with Crippen molar-refractivity contribution in [2.45, 2.75) is 38.5 Å². The maximum atomic E-state index is 12.7. The summed E-state index contributed by atoms with van der Waals surface area (Å²) in [7, 11) is -3.12. The molecule has 2 aliphatic rings. The Morgan fingerprint density at radius 3 is 2.63 bits per heavy atom. The van der Waals surface area contributed by atoms with Gasteiger partial charge in [-0.25, -0.2) is 13.2 Å². The van der Waals surface area contributed by atoms with Crippen LogP contribution in [0.2, 0.25) is 0 Å². The fraction of sp³-hybridized carbons (Fsp3) is 0.556. The average molecular weight is 397 g/mol. The number of fused-ring (bicyclic) bond motifs is 1. The van der Waals surface area contributed by atoms with Crippen LogP contribution in [0.25, 0.3) is 0 Å². The van der Waals surface area contributed by atoms with E-state index in [-0.39, 0.29) is 24.2 Å². The topological polar surface area (TPSA) is 99.2 Å². The smallest absolute Gasteiger partial charge is 0.351 e. The number of hydrogen-bond donors (Lipinski definition) is 0. The van der Waals surface area contributed by atoms with Gasteiger partial charge in [0.1, 0.15) is 6.61 Å². The zero-order valence-electron chi connectivity index (χ0n) is 15.3. The Bertz CT molecular complexity index is 823. The van der Waals surface area contributed by atoms with E-state index in [0.717, 1.165) is 0 Å². The second kappa shape index (κ2) is 7.75. The lowest BCUT2D eigenvalue weighted by atomic mass is 10.2. The standard InChI is InChI=1S/C18H23NO7S/c1-3-19(13-8-9-27(22,23)11-13)17(20)12(2)25-18(21)16-10-24-14-6-4-5-7-15(14)26-16/h4-7,12-13,16H,3,8-11H2,1-2H3/t12-,13+,16-/m0/s1. The molecule has 0 spiro atoms. The summed E-state index contributed by atoms with van der Waals surface area (Å²) in [6.45, 7) is 3.59. The van der Waals surface area contributed by atoms with Crippen LogP contribution in [0.4, 0.5) is 0 Å². The summed E-state index contributed by atoms with van der Waals surface area (Å²) in [5, 5.41) is 0. The summed E-state index contributed by atoms with van der Waals surface area (Å²) < 4.78 is 39.7. The number of ether oxygens (including phenoxy) is 3. The minimum absolute atomic E-state index is 0.00484. The molecule has 3 rings (SSSR count). The van der Waals surface area contributed by atoms with Crippen molar-refractivity contribution >= 4 is 21.7 Å². The molecule has 0 saturated carbocycles. The van der Waals surface area contributed by atoms with Gasteiger partial charge in [0.05, 0.1) is 11.5 Å². The Morgan fingerprint density at radius 1 is 1.30 bits per heavy atom. The highest BCUT2D eigenvalue weighted by molar-refractivity contribution is 7.91. The van der Waals surface area contributed by atoms with Gasteiger partial charge in [0, 0.05) is 12.6 Å². The van der Waals surface area contributed by atoms with Crippen LogP contribution in [0.3, 0.4) is 0 Å². The third kappa shape index (κ3) is 4.35. The van der Waals surface area contributed by atoms with Crippen molar-refractivity contribution in [3.05, 3.63) is 24.3 Å². The predicted octanol–water partition coefficient (Wildman–Crippen LogP) is 0.794. The number of carbonyl (C=O) groups is 2. The Morgan fingerprint density at radius 2 is 2.00 bits per heavy atom. The number of carbonyl (C=O) groups excluding carboxylic acids is 2. The highest BCUT2D eigenvalue weighted by Crippen LogP contribution is 2.31. The highest BCUT2D eigenvalue weighted by atomic mass is 32.2. The third-order valence-corrected chi connectivity index (χ3v) is 6.44. The number of amides is 1. The lowest BCUT2D eigenvalue weighted by molar-refractivity contribution is -0.167. The molecule has 1 fully saturated rings. The van der Waals surface area contributed by atoms with E-state index in [1.165, 1.54) is 11.8 Å². The average Bonchev–Trinajstić information content (AvgIpc) is 3.01. The summed E-state index contributed by atoms with van der Waals surface area (Å²) in [4.78, 5) is 26.5. The Labute approximate surface area is 158 Å². The van der Waals surface area contributed by atoms with Crippen LogP contribution in [-0.4, -0.2) is 68.1 Å². The summed E-state index contributed by atoms with van der Waals surface area (Å²) in [5.74, 6) is -0.0990. The van der Waals surface area contributed by atoms with Gasteiger partial charge in [0.2, 0.25) is 6.10 Å². The molecule has 8 nitrogen and oxygen atoms in total. The highest BCUT2D eigenvalue weighted by Gasteiger charge is 2.37. The molecular weight excluding hydrogens is 374 g/mol. The van der Waals surface area contributed by atoms with Gasteiger partial charge in [-0.3, -0.25) is 4.79 Å². The largest absolute Gasteiger partial charge is 0.485 e. The first-order valence-corrected chi connectivity index (χ1v) is 10.7. The first-order chi connectivity index (χ1) is 12.8. The van der Waals surface area contributed by atoms with Gasteiger partial charge in [-0.1, -0.05) is 12.1 Å². The second-order valence-electron chi connectivity index (χ2n) is 6.62. The number of esters is 1. The Balaban J connectivity index is 1.60. The fourth-order valence-corrected chi connectivity index (χ4v) is 5.02. The molecule has 0 aliphatic carbocycles. The molecule has 1 aromatic carbocycles. The molecule has 1 amide bonds. The second-order valence-corrected chi connectivity index (χ2v) is 8.85. The molecule has 2 heterocycles. The van der Waals surface area contributed by atoms with Crippen molar-refractivity contribution in [1.82, 2.24) is 4.90 Å². The Hall–Kier alpha value is -2.29. The molecule has 0 aromatic heterocycles. The van der Waals surface area contributed by atoms with Crippen LogP contribution in [0.5, 0.6) is 11.5 Å². The molecule has 9 heteroatoms. The lowest BCUT2D eigenvalue weighted by Gasteiger charge is -2.30. The van der Waals surface area contributed by atoms with Crippen LogP contribution in [0, 0.1) is 0 Å². The van der Waals surface area contributed by atoms with E-state index >= 15 is 0 Å². The molecule has 0 N–H and O–H groups in total. The van der Waals surface area contributed by atoms with E-state index in [1.54, 1.807) is 31.2 Å². The fourth-order valence-electron chi connectivity index (χ4n) is 3.28. The van der Waals surface area contributed by atoms with Crippen LogP contribution in [0.1, 0.15) is 20.3 Å². The van der Waals surface area contributed by atoms with E-state index in [1.807, 2.05) is 0 Å². The number of rotatable bonds is 5. The molecule has 0 bridgehead atoms. The normalized spacial score (nSPS) is 24.1. The number of para-hydroxylation sites is 2. The number of sulfone groups is 1. The van der Waals surface area contributed by atoms with Gasteiger partial charge in [-0.15, -0.1) is 0 Å². The van der Waals surface area contributed by atoms with Gasteiger partial charge in [0.15, 0.2) is 27.4 Å². The van der Waals surface area contributed by atoms with E-state index in [4.69, 9.17) is 14.2 Å². The van der Waals surface area contributed by atoms with Gasteiger partial charge < -0.3 is 19.1 Å². The van der Waals surface area contributed by atoms with Gasteiger partial charge in [0.25, 0.3) is 5.91 Å². The van der Waals surface area contributed by atoms with E-state index in [2.05, 4.69) is 0 Å². The van der Waals surface area contributed by atoms with Crippen LogP contribution >= 0.6 is 0 Å². The molecule has 1 saturated heterocycles. The number of likely N-dealkylation sites (N-methyl/N-ethyl adjacent to an activating group) is 1. The van der Waals surface area contributed by atoms with Gasteiger partial charge in [-0.2, -0.15) is 0 Å². The summed E-state index contributed by atoms with van der Waals surface area (Å²) in [5.41, 5.74) is 0. The molecular formula is C18H23NO7S. The van der Waals surface area contributed by atoms with E-state index in [0.29, 0.717) is 24.5 Å². The molecule has 2 aliphatic heterocycles. The summed E-state index contributed by atoms with van der Waals surface area (Å²) >= 11 is 0. The number of benzene rings is 1. The quantitative estimate of drug-likeness (QED) is 0.678. The van der Waals surface area contributed by atoms with E-state index < -0.39 is 33.9 Å². The molecule has 148 valence electrons. The zero-order chi connectivity index (χ0) is 19.6. The van der Waals surface area contributed by atoms with Crippen molar-refractivity contribution in [2.75, 3.05) is 24.7 Å². The van der Waals surface area contributed by atoms with Crippen molar-refractivity contribution in [3.63, 3.8) is 0 Å². The molecule has 3 atom stereocenters. The predicted molar refractivity (Wildman–Crippen MR) is 96.4 cm³/mol. The number of hydrogen-bond acceptors (Lipinski definition) is 7. The summed E-state index contributed by atoms with van der Waals surface area (Å²) in [6.07, 6.45) is -1.60. The molecule has 0 unspecified atom stereocenters. The SMILES string of the molecule is CCN(C(=O)[C@H](C)OC(=O)[C@@H]1COc2ccccc2O1)[C@@H]1CCS(=O)(=O)C1. The Kier molecular flexibility index (Phi) is 5.59. The first-order valence-electron chi connectivity index (χ1n) is 8.90. The monoisotopic (exact) mass is 397 g/mol.